The molecule has 1 aliphatic heterocycles. The van der Waals surface area contributed by atoms with Gasteiger partial charge in [0, 0.05) is 44.1 Å². The zero-order valence-electron chi connectivity index (χ0n) is 30.1. The van der Waals surface area contributed by atoms with Gasteiger partial charge in [0.25, 0.3) is 5.91 Å². The minimum Gasteiger partial charge on any atom is -0.497 e. The minimum absolute atomic E-state index is 0.0469. The summed E-state index contributed by atoms with van der Waals surface area (Å²) in [6, 6.07) is 19.3. The Morgan fingerprint density at radius 2 is 1.62 bits per heavy atom. The Morgan fingerprint density at radius 3 is 2.28 bits per heavy atom. The van der Waals surface area contributed by atoms with Crippen LogP contribution in [0.3, 0.4) is 0 Å². The zero-order valence-corrected chi connectivity index (χ0v) is 30.1. The molecular weight excluding hydrogens is 636 g/mol. The molecule has 0 aliphatic carbocycles. The third-order valence-electron chi connectivity index (χ3n) is 9.61. The number of rotatable bonds is 17. The van der Waals surface area contributed by atoms with Gasteiger partial charge < -0.3 is 38.1 Å². The first-order valence-electron chi connectivity index (χ1n) is 17.3. The molecule has 268 valence electrons. The molecule has 0 bridgehead atoms. The van der Waals surface area contributed by atoms with Gasteiger partial charge >= 0.3 is 0 Å². The van der Waals surface area contributed by atoms with E-state index in [-0.39, 0.29) is 23.5 Å². The first-order valence-corrected chi connectivity index (χ1v) is 17.3. The van der Waals surface area contributed by atoms with E-state index in [2.05, 4.69) is 11.0 Å². The van der Waals surface area contributed by atoms with Gasteiger partial charge in [0.15, 0.2) is 17.3 Å². The second kappa shape index (κ2) is 17.4. The number of Topliss-reactive ketones (excluding diaryl/α,β-unsaturated/α-hetero) is 1. The van der Waals surface area contributed by atoms with E-state index in [1.54, 1.807) is 24.1 Å². The van der Waals surface area contributed by atoms with E-state index in [4.69, 9.17) is 28.7 Å². The zero-order chi connectivity index (χ0) is 35.6. The highest BCUT2D eigenvalue weighted by molar-refractivity contribution is 5.98. The second-order valence-electron chi connectivity index (χ2n) is 12.6. The van der Waals surface area contributed by atoms with E-state index in [0.717, 1.165) is 61.2 Å². The van der Waals surface area contributed by atoms with Crippen LogP contribution in [0.5, 0.6) is 23.0 Å². The number of carbonyl (C=O) groups excluding carboxylic acids is 2. The molecule has 5 rings (SSSR count). The smallest absolute Gasteiger partial charge is 0.253 e. The highest BCUT2D eigenvalue weighted by Gasteiger charge is 2.30. The monoisotopic (exact) mass is 686 g/mol. The number of hydrogen-bond donors (Lipinski definition) is 0. The highest BCUT2D eigenvalue weighted by atomic mass is 16.5. The molecule has 1 saturated heterocycles. The molecule has 0 N–H and O–H groups in total. The van der Waals surface area contributed by atoms with Crippen molar-refractivity contribution in [1.29, 1.82) is 0 Å². The average molecular weight is 687 g/mol. The number of amides is 1. The van der Waals surface area contributed by atoms with Gasteiger partial charge in [-0.3, -0.25) is 9.59 Å². The summed E-state index contributed by atoms with van der Waals surface area (Å²) in [5, 5.41) is 0. The van der Waals surface area contributed by atoms with Crippen molar-refractivity contribution in [1.82, 2.24) is 19.4 Å². The van der Waals surface area contributed by atoms with Gasteiger partial charge in [0.05, 0.1) is 46.1 Å². The number of likely N-dealkylation sites (N-methyl/N-ethyl adjacent to an activating group) is 1. The van der Waals surface area contributed by atoms with Gasteiger partial charge in [-0.05, 0) is 87.8 Å². The molecule has 1 aliphatic rings. The van der Waals surface area contributed by atoms with Crippen LogP contribution in [-0.4, -0.2) is 106 Å². The van der Waals surface area contributed by atoms with E-state index in [9.17, 15) is 9.59 Å². The number of ether oxygens (including phenoxy) is 5. The van der Waals surface area contributed by atoms with E-state index < -0.39 is 0 Å². The first-order chi connectivity index (χ1) is 24.3. The Balaban J connectivity index is 1.26. The molecular formula is C39H50N4O7. The van der Waals surface area contributed by atoms with Gasteiger partial charge in [-0.15, -0.1) is 0 Å². The van der Waals surface area contributed by atoms with Crippen molar-refractivity contribution in [3.05, 3.63) is 77.6 Å². The number of piperidine rings is 1. The Bertz CT molecular complexity index is 1720. The number of fused-ring (bicyclic) bond motifs is 1. The average Bonchev–Trinajstić information content (AvgIpc) is 3.53. The minimum atomic E-state index is -0.149. The summed E-state index contributed by atoms with van der Waals surface area (Å²) in [5.41, 5.74) is 3.35. The maximum absolute atomic E-state index is 13.8. The van der Waals surface area contributed by atoms with Gasteiger partial charge in [-0.1, -0.05) is 24.3 Å². The van der Waals surface area contributed by atoms with Crippen molar-refractivity contribution < 1.29 is 33.3 Å². The Morgan fingerprint density at radius 1 is 0.900 bits per heavy atom. The summed E-state index contributed by atoms with van der Waals surface area (Å²) < 4.78 is 29.6. The van der Waals surface area contributed by atoms with E-state index in [1.165, 1.54) is 21.3 Å². The molecule has 1 amide bonds. The molecule has 0 radical (unpaired) electrons. The van der Waals surface area contributed by atoms with Gasteiger partial charge in [-0.2, -0.15) is 0 Å². The molecule has 11 heteroatoms. The van der Waals surface area contributed by atoms with Crippen LogP contribution >= 0.6 is 0 Å². The second-order valence-corrected chi connectivity index (χ2v) is 12.6. The molecule has 50 heavy (non-hydrogen) atoms. The van der Waals surface area contributed by atoms with Crippen LogP contribution in [0.25, 0.3) is 11.0 Å². The van der Waals surface area contributed by atoms with Crippen molar-refractivity contribution >= 4 is 22.7 Å². The lowest BCUT2D eigenvalue weighted by molar-refractivity contribution is 0.0778. The highest BCUT2D eigenvalue weighted by Crippen LogP contribution is 2.38. The number of imidazole rings is 1. The molecule has 4 aromatic rings. The third kappa shape index (κ3) is 8.39. The molecule has 1 atom stereocenters. The van der Waals surface area contributed by atoms with Crippen LogP contribution in [-0.2, 0) is 11.3 Å². The third-order valence-corrected chi connectivity index (χ3v) is 9.61. The van der Waals surface area contributed by atoms with Crippen LogP contribution in [0.2, 0.25) is 0 Å². The van der Waals surface area contributed by atoms with Gasteiger partial charge in [-0.25, -0.2) is 4.98 Å². The maximum Gasteiger partial charge on any atom is 0.253 e. The molecule has 0 spiro atoms. The lowest BCUT2D eigenvalue weighted by Crippen LogP contribution is -2.39. The topological polar surface area (TPSA) is 105 Å². The van der Waals surface area contributed by atoms with Crippen molar-refractivity contribution in [3.8, 4) is 23.0 Å². The molecule has 1 unspecified atom stereocenters. The Hall–Kier alpha value is -4.61. The number of carbonyl (C=O) groups is 2. The van der Waals surface area contributed by atoms with Crippen LogP contribution in [0.4, 0.5) is 0 Å². The Kier molecular flexibility index (Phi) is 12.7. The van der Waals surface area contributed by atoms with Crippen LogP contribution < -0.4 is 18.9 Å². The van der Waals surface area contributed by atoms with Crippen LogP contribution in [0, 0.1) is 5.92 Å². The van der Waals surface area contributed by atoms with E-state index >= 15 is 0 Å². The summed E-state index contributed by atoms with van der Waals surface area (Å²) in [5.74, 6) is 2.53. The number of benzene rings is 3. The molecule has 11 nitrogen and oxygen atoms in total. The largest absolute Gasteiger partial charge is 0.497 e. The predicted molar refractivity (Wildman–Crippen MR) is 193 cm³/mol. The molecule has 3 aromatic carbocycles. The molecule has 2 heterocycles. The number of para-hydroxylation sites is 2. The SMILES string of the molecule is CCOCCn1c(C(=O)C2CCN(CCC(CN(C)C(=O)c3cc(OC)c(OC)c(OC)c3)c3cccc(OC)c3)CC2)nc2ccccc21. The van der Waals surface area contributed by atoms with Gasteiger partial charge in [0.1, 0.15) is 5.75 Å². The fraction of sp³-hybridized carbons (Fsp3) is 0.462. The first kappa shape index (κ1) is 36.7. The van der Waals surface area contributed by atoms with Gasteiger partial charge in [0.2, 0.25) is 11.5 Å². The van der Waals surface area contributed by atoms with Crippen LogP contribution in [0.15, 0.2) is 60.7 Å². The number of methoxy groups -OCH3 is 4. The fourth-order valence-electron chi connectivity index (χ4n) is 6.83. The lowest BCUT2D eigenvalue weighted by atomic mass is 9.90. The van der Waals surface area contributed by atoms with Crippen LogP contribution in [0.1, 0.15) is 58.6 Å². The summed E-state index contributed by atoms with van der Waals surface area (Å²) in [7, 11) is 8.08. The number of likely N-dealkylation sites (tertiary alicyclic amines) is 1. The Labute approximate surface area is 295 Å². The van der Waals surface area contributed by atoms with E-state index in [1.807, 2.05) is 61.0 Å². The quantitative estimate of drug-likeness (QED) is 0.0985. The van der Waals surface area contributed by atoms with Crippen molar-refractivity contribution in [2.24, 2.45) is 5.92 Å². The predicted octanol–water partition coefficient (Wildman–Crippen LogP) is 5.95. The summed E-state index contributed by atoms with van der Waals surface area (Å²) in [6.07, 6.45) is 2.37. The molecule has 1 aromatic heterocycles. The lowest BCUT2D eigenvalue weighted by Gasteiger charge is -2.33. The number of aromatic nitrogens is 2. The number of ketones is 1. The summed E-state index contributed by atoms with van der Waals surface area (Å²) in [4.78, 5) is 36.5. The summed E-state index contributed by atoms with van der Waals surface area (Å²) in [6.45, 7) is 6.70. The summed E-state index contributed by atoms with van der Waals surface area (Å²) >= 11 is 0. The standard InChI is InChI=1S/C39H50N4O7/c1-7-50-22-21-43-33-14-9-8-13-32(33)40-38(43)36(44)27-15-18-42(19-16-27)20-17-29(28-11-10-12-31(23-28)46-3)26-41(2)39(45)30-24-34(47-4)37(49-6)35(25-30)48-5/h8-14,23-25,27,29H,7,15-22,26H2,1-6H3. The molecule has 0 saturated carbocycles. The maximum atomic E-state index is 13.8. The van der Waals surface area contributed by atoms with Crippen molar-refractivity contribution in [2.45, 2.75) is 38.6 Å². The fourth-order valence-corrected chi connectivity index (χ4v) is 6.83. The van der Waals surface area contributed by atoms with Crippen molar-refractivity contribution in [3.63, 3.8) is 0 Å². The van der Waals surface area contributed by atoms with E-state index in [0.29, 0.717) is 54.9 Å². The normalized spacial score (nSPS) is 14.4. The molecule has 1 fully saturated rings. The number of nitrogens with zero attached hydrogens (tertiary/aromatic N) is 4. The number of hydrogen-bond acceptors (Lipinski definition) is 9. The van der Waals surface area contributed by atoms with Crippen molar-refractivity contribution in [2.75, 3.05) is 74.9 Å².